The number of rotatable bonds is 6. The van der Waals surface area contributed by atoms with Crippen molar-refractivity contribution in [3.63, 3.8) is 0 Å². The van der Waals surface area contributed by atoms with Gasteiger partial charge in [-0.15, -0.1) is 0 Å². The number of nitrogens with two attached hydrogens (primary N) is 1. The summed E-state index contributed by atoms with van der Waals surface area (Å²) in [7, 11) is 3.42. The molecule has 0 aliphatic rings. The van der Waals surface area contributed by atoms with Gasteiger partial charge in [-0.25, -0.2) is 0 Å². The molecule has 1 aromatic carbocycles. The van der Waals surface area contributed by atoms with Crippen molar-refractivity contribution in [2.75, 3.05) is 14.2 Å². The third kappa shape index (κ3) is 4.24. The van der Waals surface area contributed by atoms with E-state index in [1.807, 2.05) is 31.2 Å². The molecule has 0 bridgehead atoms. The summed E-state index contributed by atoms with van der Waals surface area (Å²) in [6.07, 6.45) is 1.59. The molecule has 0 aliphatic heterocycles. The molecule has 1 amide bonds. The maximum atomic E-state index is 12.3. The van der Waals surface area contributed by atoms with E-state index in [1.54, 1.807) is 26.0 Å². The second-order valence-corrected chi connectivity index (χ2v) is 5.18. The Bertz CT molecular complexity index is 413. The van der Waals surface area contributed by atoms with Gasteiger partial charge in [0.25, 0.3) is 0 Å². The zero-order valence-electron chi connectivity index (χ0n) is 12.3. The van der Waals surface area contributed by atoms with Crippen LogP contribution in [0.5, 0.6) is 5.75 Å². The van der Waals surface area contributed by atoms with Crippen molar-refractivity contribution in [2.45, 2.75) is 38.8 Å². The second kappa shape index (κ2) is 6.57. The Hall–Kier alpha value is -1.55. The number of benzene rings is 1. The molecule has 1 aromatic rings. The molecule has 2 N–H and O–H groups in total. The van der Waals surface area contributed by atoms with Gasteiger partial charge >= 0.3 is 0 Å². The fourth-order valence-corrected chi connectivity index (χ4v) is 2.14. The number of hydrogen-bond acceptors (Lipinski definition) is 3. The van der Waals surface area contributed by atoms with E-state index >= 15 is 0 Å². The molecular formula is C15H24N2O2. The van der Waals surface area contributed by atoms with Crippen LogP contribution in [-0.2, 0) is 11.3 Å². The molecule has 0 aromatic heterocycles. The average molecular weight is 264 g/mol. The predicted octanol–water partition coefficient (Wildman–Crippen LogP) is 2.17. The molecule has 0 saturated carbocycles. The maximum Gasteiger partial charge on any atom is 0.242 e. The minimum atomic E-state index is -0.782. The molecule has 19 heavy (non-hydrogen) atoms. The van der Waals surface area contributed by atoms with Gasteiger partial charge in [-0.2, -0.15) is 0 Å². The van der Waals surface area contributed by atoms with E-state index < -0.39 is 5.54 Å². The molecule has 0 spiro atoms. The predicted molar refractivity (Wildman–Crippen MR) is 77.0 cm³/mol. The van der Waals surface area contributed by atoms with Gasteiger partial charge in [0.15, 0.2) is 0 Å². The summed E-state index contributed by atoms with van der Waals surface area (Å²) in [6, 6.07) is 7.69. The van der Waals surface area contributed by atoms with Crippen molar-refractivity contribution in [1.82, 2.24) is 4.90 Å². The molecule has 0 saturated heterocycles. The van der Waals surface area contributed by atoms with Crippen molar-refractivity contribution in [1.29, 1.82) is 0 Å². The molecule has 1 atom stereocenters. The monoisotopic (exact) mass is 264 g/mol. The van der Waals surface area contributed by atoms with Crippen LogP contribution >= 0.6 is 0 Å². The van der Waals surface area contributed by atoms with Crippen molar-refractivity contribution < 1.29 is 9.53 Å². The Balaban J connectivity index is 2.67. The smallest absolute Gasteiger partial charge is 0.242 e. The Morgan fingerprint density at radius 3 is 2.42 bits per heavy atom. The minimum Gasteiger partial charge on any atom is -0.497 e. The molecule has 0 heterocycles. The number of methoxy groups -OCH3 is 1. The van der Waals surface area contributed by atoms with E-state index in [1.165, 1.54) is 0 Å². The van der Waals surface area contributed by atoms with E-state index in [-0.39, 0.29) is 5.91 Å². The number of amides is 1. The summed E-state index contributed by atoms with van der Waals surface area (Å²) in [4.78, 5) is 13.9. The van der Waals surface area contributed by atoms with Crippen molar-refractivity contribution in [2.24, 2.45) is 5.73 Å². The third-order valence-corrected chi connectivity index (χ3v) is 3.18. The van der Waals surface area contributed by atoms with Gasteiger partial charge in [-0.1, -0.05) is 25.5 Å². The number of carbonyl (C=O) groups excluding carboxylic acids is 1. The van der Waals surface area contributed by atoms with Crippen LogP contribution in [0.4, 0.5) is 0 Å². The van der Waals surface area contributed by atoms with Gasteiger partial charge < -0.3 is 15.4 Å². The van der Waals surface area contributed by atoms with Crippen molar-refractivity contribution in [3.8, 4) is 5.75 Å². The van der Waals surface area contributed by atoms with Gasteiger partial charge in [0, 0.05) is 13.6 Å². The van der Waals surface area contributed by atoms with Crippen LogP contribution in [-0.4, -0.2) is 30.5 Å². The molecule has 106 valence electrons. The highest BCUT2D eigenvalue weighted by molar-refractivity contribution is 5.85. The van der Waals surface area contributed by atoms with Crippen LogP contribution in [0.3, 0.4) is 0 Å². The van der Waals surface area contributed by atoms with Crippen LogP contribution in [0.2, 0.25) is 0 Å². The van der Waals surface area contributed by atoms with Gasteiger partial charge in [0.1, 0.15) is 5.75 Å². The lowest BCUT2D eigenvalue weighted by Crippen LogP contribution is -2.51. The van der Waals surface area contributed by atoms with Crippen LogP contribution in [0.15, 0.2) is 24.3 Å². The molecule has 1 rings (SSSR count). The molecule has 4 heteroatoms. The number of nitrogens with zero attached hydrogens (tertiary/aromatic N) is 1. The number of carbonyl (C=O) groups is 1. The highest BCUT2D eigenvalue weighted by Crippen LogP contribution is 2.16. The second-order valence-electron chi connectivity index (χ2n) is 5.18. The molecular weight excluding hydrogens is 240 g/mol. The number of hydrogen-bond donors (Lipinski definition) is 1. The summed E-state index contributed by atoms with van der Waals surface area (Å²) in [5.74, 6) is 0.789. The standard InChI is InChI=1S/C15H24N2O2/c1-5-10-15(2,16)14(18)17(3)11-12-6-8-13(19-4)9-7-12/h6-9H,5,10-11,16H2,1-4H3. The lowest BCUT2D eigenvalue weighted by Gasteiger charge is -2.29. The first-order valence-electron chi connectivity index (χ1n) is 6.58. The molecule has 0 fully saturated rings. The summed E-state index contributed by atoms with van der Waals surface area (Å²) in [5.41, 5.74) is 6.34. The fraction of sp³-hybridized carbons (Fsp3) is 0.533. The fourth-order valence-electron chi connectivity index (χ4n) is 2.14. The first kappa shape index (κ1) is 15.5. The third-order valence-electron chi connectivity index (χ3n) is 3.18. The summed E-state index contributed by atoms with van der Waals surface area (Å²) >= 11 is 0. The SMILES string of the molecule is CCCC(C)(N)C(=O)N(C)Cc1ccc(OC)cc1. The Labute approximate surface area is 115 Å². The zero-order chi connectivity index (χ0) is 14.5. The van der Waals surface area contributed by atoms with Crippen LogP contribution in [0.1, 0.15) is 32.3 Å². The van der Waals surface area contributed by atoms with Gasteiger partial charge in [0.05, 0.1) is 12.6 Å². The lowest BCUT2D eigenvalue weighted by atomic mass is 9.96. The van der Waals surface area contributed by atoms with E-state index in [9.17, 15) is 4.79 Å². The molecule has 1 unspecified atom stereocenters. The number of ether oxygens (including phenoxy) is 1. The van der Waals surface area contributed by atoms with Gasteiger partial charge in [0.2, 0.25) is 5.91 Å². The first-order valence-corrected chi connectivity index (χ1v) is 6.58. The topological polar surface area (TPSA) is 55.6 Å². The zero-order valence-corrected chi connectivity index (χ0v) is 12.3. The molecule has 0 radical (unpaired) electrons. The highest BCUT2D eigenvalue weighted by Gasteiger charge is 2.29. The molecule has 4 nitrogen and oxygen atoms in total. The Kier molecular flexibility index (Phi) is 5.36. The summed E-state index contributed by atoms with van der Waals surface area (Å²) in [6.45, 7) is 4.38. The normalized spacial score (nSPS) is 13.7. The van der Waals surface area contributed by atoms with Crippen molar-refractivity contribution in [3.05, 3.63) is 29.8 Å². The largest absolute Gasteiger partial charge is 0.497 e. The van der Waals surface area contributed by atoms with E-state index in [0.717, 1.165) is 17.7 Å². The van der Waals surface area contributed by atoms with E-state index in [0.29, 0.717) is 13.0 Å². The summed E-state index contributed by atoms with van der Waals surface area (Å²) in [5, 5.41) is 0. The maximum absolute atomic E-state index is 12.3. The quantitative estimate of drug-likeness (QED) is 0.856. The van der Waals surface area contributed by atoms with Crippen LogP contribution < -0.4 is 10.5 Å². The van der Waals surface area contributed by atoms with E-state index in [4.69, 9.17) is 10.5 Å². The summed E-state index contributed by atoms with van der Waals surface area (Å²) < 4.78 is 5.11. The first-order chi connectivity index (χ1) is 8.90. The highest BCUT2D eigenvalue weighted by atomic mass is 16.5. The van der Waals surface area contributed by atoms with Crippen molar-refractivity contribution >= 4 is 5.91 Å². The number of likely N-dealkylation sites (N-methyl/N-ethyl adjacent to an activating group) is 1. The Morgan fingerprint density at radius 2 is 1.95 bits per heavy atom. The lowest BCUT2D eigenvalue weighted by molar-refractivity contribution is -0.135. The van der Waals surface area contributed by atoms with E-state index in [2.05, 4.69) is 0 Å². The van der Waals surface area contributed by atoms with Crippen LogP contribution in [0, 0.1) is 0 Å². The van der Waals surface area contributed by atoms with Gasteiger partial charge in [-0.3, -0.25) is 4.79 Å². The average Bonchev–Trinajstić information content (AvgIpc) is 2.38. The molecule has 0 aliphatic carbocycles. The Morgan fingerprint density at radius 1 is 1.37 bits per heavy atom. The van der Waals surface area contributed by atoms with Crippen LogP contribution in [0.25, 0.3) is 0 Å². The van der Waals surface area contributed by atoms with Gasteiger partial charge in [-0.05, 0) is 31.0 Å². The minimum absolute atomic E-state index is 0.0230.